The van der Waals surface area contributed by atoms with Crippen LogP contribution in [0.3, 0.4) is 0 Å². The standard InChI is InChI=1S/C18H28N4O4S/c1-2-13-16(27-18(19)20-13)17(25)22-6-5-14(21-7-9-26-10-8-21)12(11-22)3-4-15(23)24/h12,14H,2-11H2,1H3,(H2,19,20)(H,23,24)/t12-,14+/m1/s1. The molecule has 2 saturated heterocycles. The number of nitrogen functional groups attached to an aromatic ring is 1. The van der Waals surface area contributed by atoms with Crippen molar-refractivity contribution in [2.75, 3.05) is 45.1 Å². The van der Waals surface area contributed by atoms with Gasteiger partial charge in [-0.3, -0.25) is 14.5 Å². The van der Waals surface area contributed by atoms with Gasteiger partial charge in [0.15, 0.2) is 5.13 Å². The molecule has 9 heteroatoms. The molecule has 0 saturated carbocycles. The van der Waals surface area contributed by atoms with Crippen molar-refractivity contribution in [3.63, 3.8) is 0 Å². The molecule has 0 spiro atoms. The van der Waals surface area contributed by atoms with Gasteiger partial charge in [0.1, 0.15) is 4.88 Å². The molecule has 2 aliphatic rings. The average molecular weight is 397 g/mol. The first-order valence-electron chi connectivity index (χ1n) is 9.57. The van der Waals surface area contributed by atoms with Crippen molar-refractivity contribution in [1.82, 2.24) is 14.8 Å². The van der Waals surface area contributed by atoms with E-state index in [0.717, 1.165) is 25.2 Å². The van der Waals surface area contributed by atoms with Crippen LogP contribution in [0.25, 0.3) is 0 Å². The van der Waals surface area contributed by atoms with Crippen molar-refractivity contribution in [3.05, 3.63) is 10.6 Å². The zero-order valence-corrected chi connectivity index (χ0v) is 16.5. The van der Waals surface area contributed by atoms with Crippen molar-refractivity contribution in [1.29, 1.82) is 0 Å². The first-order chi connectivity index (χ1) is 13.0. The van der Waals surface area contributed by atoms with Crippen LogP contribution in [-0.4, -0.2) is 77.2 Å². The molecule has 1 aromatic heterocycles. The lowest BCUT2D eigenvalue weighted by atomic mass is 9.86. The highest BCUT2D eigenvalue weighted by atomic mass is 32.1. The fourth-order valence-electron chi connectivity index (χ4n) is 4.11. The monoisotopic (exact) mass is 396 g/mol. The molecule has 1 amide bonds. The lowest BCUT2D eigenvalue weighted by Gasteiger charge is -2.45. The van der Waals surface area contributed by atoms with Gasteiger partial charge in [0.2, 0.25) is 0 Å². The van der Waals surface area contributed by atoms with E-state index in [0.29, 0.717) is 55.2 Å². The number of hydrogen-bond donors (Lipinski definition) is 2. The molecule has 3 heterocycles. The Morgan fingerprint density at radius 2 is 2.07 bits per heavy atom. The summed E-state index contributed by atoms with van der Waals surface area (Å²) in [4.78, 5) is 33.3. The van der Waals surface area contributed by atoms with Gasteiger partial charge in [-0.25, -0.2) is 4.98 Å². The van der Waals surface area contributed by atoms with E-state index in [1.165, 1.54) is 11.3 Å². The number of carbonyl (C=O) groups excluding carboxylic acids is 1. The summed E-state index contributed by atoms with van der Waals surface area (Å²) in [6.07, 6.45) is 2.22. The van der Waals surface area contributed by atoms with Crippen LogP contribution in [0, 0.1) is 5.92 Å². The van der Waals surface area contributed by atoms with Crippen molar-refractivity contribution in [2.45, 2.75) is 38.6 Å². The van der Waals surface area contributed by atoms with E-state index >= 15 is 0 Å². The number of carboxylic acid groups (broad SMARTS) is 1. The van der Waals surface area contributed by atoms with Crippen LogP contribution in [0.1, 0.15) is 41.6 Å². The second-order valence-electron chi connectivity index (χ2n) is 7.13. The molecule has 0 radical (unpaired) electrons. The summed E-state index contributed by atoms with van der Waals surface area (Å²) in [5, 5.41) is 9.55. The predicted octanol–water partition coefficient (Wildman–Crippen LogP) is 1.32. The molecule has 3 rings (SSSR count). The van der Waals surface area contributed by atoms with Crippen molar-refractivity contribution >= 4 is 28.3 Å². The van der Waals surface area contributed by atoms with Crippen LogP contribution in [0.15, 0.2) is 0 Å². The fourth-order valence-corrected chi connectivity index (χ4v) is 5.00. The number of carbonyl (C=O) groups is 2. The third-order valence-electron chi connectivity index (χ3n) is 5.47. The lowest BCUT2D eigenvalue weighted by molar-refractivity contribution is -0.137. The number of piperidine rings is 1. The summed E-state index contributed by atoms with van der Waals surface area (Å²) in [6.45, 7) is 6.38. The number of thiazole rings is 1. The Labute approximate surface area is 163 Å². The van der Waals surface area contributed by atoms with Gasteiger partial charge in [-0.05, 0) is 25.2 Å². The molecule has 2 aliphatic heterocycles. The number of aliphatic carboxylic acids is 1. The lowest BCUT2D eigenvalue weighted by Crippen LogP contribution is -2.55. The second kappa shape index (κ2) is 8.99. The minimum atomic E-state index is -0.789. The van der Waals surface area contributed by atoms with Gasteiger partial charge in [0.25, 0.3) is 5.91 Å². The number of nitrogens with zero attached hydrogens (tertiary/aromatic N) is 3. The topological polar surface area (TPSA) is 109 Å². The number of anilines is 1. The maximum Gasteiger partial charge on any atom is 0.303 e. The highest BCUT2D eigenvalue weighted by Gasteiger charge is 2.36. The molecular formula is C18H28N4O4S. The quantitative estimate of drug-likeness (QED) is 0.746. The molecule has 0 aliphatic carbocycles. The maximum absolute atomic E-state index is 13.1. The number of carboxylic acids is 1. The number of hydrogen-bond acceptors (Lipinski definition) is 7. The number of ether oxygens (including phenoxy) is 1. The van der Waals surface area contributed by atoms with Crippen molar-refractivity contribution in [3.8, 4) is 0 Å². The third kappa shape index (κ3) is 4.77. The van der Waals surface area contributed by atoms with Gasteiger partial charge < -0.3 is 20.5 Å². The number of amides is 1. The SMILES string of the molecule is CCc1nc(N)sc1C(=O)N1CC[C@H](N2CCOCC2)[C@H](CCC(=O)O)C1. The van der Waals surface area contributed by atoms with Gasteiger partial charge in [-0.2, -0.15) is 0 Å². The third-order valence-corrected chi connectivity index (χ3v) is 6.38. The Morgan fingerprint density at radius 1 is 1.33 bits per heavy atom. The summed E-state index contributed by atoms with van der Waals surface area (Å²) in [7, 11) is 0. The Bertz CT molecular complexity index is 674. The minimum absolute atomic E-state index is 0.0261. The Balaban J connectivity index is 1.73. The zero-order chi connectivity index (χ0) is 19.4. The van der Waals surface area contributed by atoms with Crippen LogP contribution in [0.5, 0.6) is 0 Å². The predicted molar refractivity (Wildman–Crippen MR) is 103 cm³/mol. The van der Waals surface area contributed by atoms with Crippen LogP contribution < -0.4 is 5.73 Å². The molecular weight excluding hydrogens is 368 g/mol. The second-order valence-corrected chi connectivity index (χ2v) is 8.16. The number of nitrogens with two attached hydrogens (primary N) is 1. The first-order valence-corrected chi connectivity index (χ1v) is 10.4. The first kappa shape index (κ1) is 20.0. The molecule has 150 valence electrons. The van der Waals surface area contributed by atoms with E-state index in [4.69, 9.17) is 15.6 Å². The molecule has 0 aromatic carbocycles. The molecule has 2 atom stereocenters. The number of morpholine rings is 1. The van der Waals surface area contributed by atoms with Gasteiger partial charge in [-0.15, -0.1) is 0 Å². The Kier molecular flexibility index (Phi) is 6.67. The molecule has 27 heavy (non-hydrogen) atoms. The maximum atomic E-state index is 13.1. The molecule has 0 bridgehead atoms. The average Bonchev–Trinajstić information content (AvgIpc) is 3.07. The van der Waals surface area contributed by atoms with Gasteiger partial charge in [-0.1, -0.05) is 18.3 Å². The van der Waals surface area contributed by atoms with E-state index in [-0.39, 0.29) is 18.2 Å². The van der Waals surface area contributed by atoms with Crippen LogP contribution in [0.2, 0.25) is 0 Å². The largest absolute Gasteiger partial charge is 0.481 e. The highest BCUT2D eigenvalue weighted by molar-refractivity contribution is 7.17. The highest BCUT2D eigenvalue weighted by Crippen LogP contribution is 2.30. The van der Waals surface area contributed by atoms with Crippen LogP contribution in [0.4, 0.5) is 5.13 Å². The summed E-state index contributed by atoms with van der Waals surface area (Å²) >= 11 is 1.24. The van der Waals surface area contributed by atoms with E-state index in [1.54, 1.807) is 0 Å². The smallest absolute Gasteiger partial charge is 0.303 e. The van der Waals surface area contributed by atoms with E-state index < -0.39 is 5.97 Å². The summed E-state index contributed by atoms with van der Waals surface area (Å²) in [5.41, 5.74) is 6.55. The number of aryl methyl sites for hydroxylation is 1. The summed E-state index contributed by atoms with van der Waals surface area (Å²) in [6, 6.07) is 0.300. The van der Waals surface area contributed by atoms with Crippen LogP contribution >= 0.6 is 11.3 Å². The van der Waals surface area contributed by atoms with Crippen molar-refractivity contribution in [2.24, 2.45) is 5.92 Å². The summed E-state index contributed by atoms with van der Waals surface area (Å²) < 4.78 is 5.45. The normalized spacial score (nSPS) is 24.1. The number of likely N-dealkylation sites (tertiary alicyclic amines) is 1. The number of rotatable bonds is 6. The summed E-state index contributed by atoms with van der Waals surface area (Å²) in [5.74, 6) is -0.670. The minimum Gasteiger partial charge on any atom is -0.481 e. The van der Waals surface area contributed by atoms with Crippen molar-refractivity contribution < 1.29 is 19.4 Å². The molecule has 1 aromatic rings. The van der Waals surface area contributed by atoms with E-state index in [9.17, 15) is 9.59 Å². The molecule has 8 nitrogen and oxygen atoms in total. The molecule has 0 unspecified atom stereocenters. The van der Waals surface area contributed by atoms with E-state index in [2.05, 4.69) is 9.88 Å². The van der Waals surface area contributed by atoms with Gasteiger partial charge >= 0.3 is 5.97 Å². The zero-order valence-electron chi connectivity index (χ0n) is 15.7. The molecule has 2 fully saturated rings. The Hall–Kier alpha value is -1.71. The number of aromatic nitrogens is 1. The van der Waals surface area contributed by atoms with E-state index in [1.807, 2.05) is 11.8 Å². The van der Waals surface area contributed by atoms with Crippen LogP contribution in [-0.2, 0) is 16.0 Å². The molecule has 3 N–H and O–H groups in total. The Morgan fingerprint density at radius 3 is 2.74 bits per heavy atom. The van der Waals surface area contributed by atoms with Gasteiger partial charge in [0.05, 0.1) is 18.9 Å². The fraction of sp³-hybridized carbons (Fsp3) is 0.722. The van der Waals surface area contributed by atoms with Gasteiger partial charge in [0, 0.05) is 38.6 Å².